The quantitative estimate of drug-likeness (QED) is 0.353. The molecule has 0 aliphatic heterocycles. The molecule has 0 spiro atoms. The number of nitrogens with zero attached hydrogens (tertiary/aromatic N) is 1. The Kier molecular flexibility index (Phi) is 3.94. The lowest BCUT2D eigenvalue weighted by atomic mass is 10.1. The molecule has 2 aromatic heterocycles. The van der Waals surface area contributed by atoms with Gasteiger partial charge < -0.3 is 15.7 Å². The molecule has 6 heteroatoms. The van der Waals surface area contributed by atoms with Gasteiger partial charge in [-0.05, 0) is 24.3 Å². The van der Waals surface area contributed by atoms with E-state index >= 15 is 0 Å². The van der Waals surface area contributed by atoms with E-state index < -0.39 is 0 Å². The zero-order valence-electron chi connectivity index (χ0n) is 15.1. The van der Waals surface area contributed by atoms with E-state index in [4.69, 9.17) is 4.98 Å². The monoisotopic (exact) mass is 369 g/mol. The highest BCUT2D eigenvalue weighted by atomic mass is 16.1. The molecular formula is C22H19N5O. The van der Waals surface area contributed by atoms with E-state index in [1.165, 1.54) is 0 Å². The minimum absolute atomic E-state index is 0.0952. The van der Waals surface area contributed by atoms with Gasteiger partial charge in [0.1, 0.15) is 0 Å². The maximum Gasteiger partial charge on any atom is 0.251 e. The van der Waals surface area contributed by atoms with Gasteiger partial charge in [0, 0.05) is 46.7 Å². The number of para-hydroxylation sites is 1. The highest BCUT2D eigenvalue weighted by Gasteiger charge is 2.12. The second-order valence-electron chi connectivity index (χ2n) is 6.73. The first kappa shape index (κ1) is 16.4. The molecular weight excluding hydrogens is 350 g/mol. The number of rotatable bonds is 5. The van der Waals surface area contributed by atoms with E-state index in [0.717, 1.165) is 38.4 Å². The number of carbonyl (C=O) groups is 1. The number of nitrogens with one attached hydrogen (secondary N) is 4. The summed E-state index contributed by atoms with van der Waals surface area (Å²) in [7, 11) is 0. The molecule has 0 aliphatic rings. The van der Waals surface area contributed by atoms with Crippen molar-refractivity contribution in [3.63, 3.8) is 0 Å². The zero-order chi connectivity index (χ0) is 18.9. The van der Waals surface area contributed by atoms with Crippen LogP contribution in [0.3, 0.4) is 0 Å². The maximum atomic E-state index is 12.5. The van der Waals surface area contributed by atoms with Gasteiger partial charge in [-0.1, -0.05) is 36.4 Å². The number of amides is 1. The van der Waals surface area contributed by atoms with Crippen molar-refractivity contribution in [3.05, 3.63) is 72.4 Å². The molecule has 4 N–H and O–H groups in total. The Labute approximate surface area is 160 Å². The average Bonchev–Trinajstić information content (AvgIpc) is 3.35. The Morgan fingerprint density at radius 2 is 1.82 bits per heavy atom. The molecule has 2 heterocycles. The lowest BCUT2D eigenvalue weighted by Crippen LogP contribution is -2.28. The highest BCUT2D eigenvalue weighted by molar-refractivity contribution is 6.16. The van der Waals surface area contributed by atoms with Crippen LogP contribution >= 0.6 is 0 Å². The second-order valence-corrected chi connectivity index (χ2v) is 6.73. The summed E-state index contributed by atoms with van der Waals surface area (Å²) >= 11 is 0. The fourth-order valence-corrected chi connectivity index (χ4v) is 3.53. The number of aromatic nitrogens is 3. The van der Waals surface area contributed by atoms with Crippen molar-refractivity contribution in [3.8, 4) is 0 Å². The van der Waals surface area contributed by atoms with Crippen LogP contribution in [0.2, 0.25) is 0 Å². The highest BCUT2D eigenvalue weighted by Crippen LogP contribution is 2.30. The third kappa shape index (κ3) is 2.85. The number of fused-ring (bicyclic) bond motifs is 5. The van der Waals surface area contributed by atoms with Crippen molar-refractivity contribution in [2.75, 3.05) is 18.4 Å². The van der Waals surface area contributed by atoms with Crippen molar-refractivity contribution < 1.29 is 4.79 Å². The van der Waals surface area contributed by atoms with E-state index in [1.807, 2.05) is 54.7 Å². The van der Waals surface area contributed by atoms with Crippen molar-refractivity contribution >= 4 is 44.3 Å². The van der Waals surface area contributed by atoms with Gasteiger partial charge >= 0.3 is 0 Å². The van der Waals surface area contributed by atoms with E-state index in [0.29, 0.717) is 18.7 Å². The van der Waals surface area contributed by atoms with Crippen LogP contribution in [0.1, 0.15) is 10.4 Å². The Morgan fingerprint density at radius 1 is 0.964 bits per heavy atom. The molecule has 28 heavy (non-hydrogen) atoms. The molecule has 0 bridgehead atoms. The van der Waals surface area contributed by atoms with Crippen molar-refractivity contribution in [1.82, 2.24) is 20.5 Å². The summed E-state index contributed by atoms with van der Waals surface area (Å²) in [6.45, 7) is 1.21. The SMILES string of the molecule is O=C(NCCNc1ccccc1)c1ccc2c(c1)nc1c2ccc2c[nH][nH]c21. The molecule has 0 unspecified atom stereocenters. The number of carbonyl (C=O) groups excluding carboxylic acids is 1. The molecule has 6 nitrogen and oxygen atoms in total. The van der Waals surface area contributed by atoms with Crippen LogP contribution in [-0.4, -0.2) is 34.2 Å². The molecule has 0 fully saturated rings. The third-order valence-electron chi connectivity index (χ3n) is 4.93. The minimum Gasteiger partial charge on any atom is -0.383 e. The summed E-state index contributed by atoms with van der Waals surface area (Å²) in [5.41, 5.74) is 4.38. The van der Waals surface area contributed by atoms with E-state index in [-0.39, 0.29) is 5.91 Å². The average molecular weight is 369 g/mol. The molecule has 0 saturated carbocycles. The molecule has 138 valence electrons. The van der Waals surface area contributed by atoms with Crippen LogP contribution in [-0.2, 0) is 0 Å². The van der Waals surface area contributed by atoms with E-state index in [9.17, 15) is 4.79 Å². The van der Waals surface area contributed by atoms with Gasteiger partial charge in [0.05, 0.1) is 16.6 Å². The van der Waals surface area contributed by atoms with Crippen LogP contribution in [0.15, 0.2) is 66.9 Å². The van der Waals surface area contributed by atoms with Gasteiger partial charge in [-0.3, -0.25) is 9.89 Å². The molecule has 5 aromatic rings. The van der Waals surface area contributed by atoms with Gasteiger partial charge in [-0.25, -0.2) is 4.98 Å². The topological polar surface area (TPSA) is 85.6 Å². The Balaban J connectivity index is 1.34. The number of aromatic amines is 2. The lowest BCUT2D eigenvalue weighted by Gasteiger charge is -2.08. The van der Waals surface area contributed by atoms with Gasteiger partial charge in [0.15, 0.2) is 0 Å². The van der Waals surface area contributed by atoms with Gasteiger partial charge in [0.2, 0.25) is 0 Å². The largest absolute Gasteiger partial charge is 0.383 e. The van der Waals surface area contributed by atoms with Crippen molar-refractivity contribution in [2.24, 2.45) is 0 Å². The molecule has 1 amide bonds. The summed E-state index contributed by atoms with van der Waals surface area (Å²) in [6, 6.07) is 19.8. The molecule has 0 aliphatic carbocycles. The number of hydrogen-bond donors (Lipinski definition) is 4. The summed E-state index contributed by atoms with van der Waals surface area (Å²) in [6.07, 6.45) is 1.91. The first-order chi connectivity index (χ1) is 13.8. The van der Waals surface area contributed by atoms with Crippen LogP contribution in [0, 0.1) is 0 Å². The predicted molar refractivity (Wildman–Crippen MR) is 113 cm³/mol. The molecule has 0 radical (unpaired) electrons. The standard InChI is InChI=1S/C22H19N5O/c28-22(24-11-10-23-16-4-2-1-3-5-16)14-6-8-17-18-9-7-15-13-25-27-20(15)21(18)26-19(17)12-14/h1-9,12-13,23,25,27H,10-11H2,(H,24,28). The summed E-state index contributed by atoms with van der Waals surface area (Å²) in [5.74, 6) is -0.0952. The first-order valence-electron chi connectivity index (χ1n) is 9.25. The minimum atomic E-state index is -0.0952. The van der Waals surface area contributed by atoms with Crippen LogP contribution in [0.25, 0.3) is 32.7 Å². The maximum absolute atomic E-state index is 12.5. The summed E-state index contributed by atoms with van der Waals surface area (Å²) < 4.78 is 0. The smallest absolute Gasteiger partial charge is 0.251 e. The van der Waals surface area contributed by atoms with Gasteiger partial charge in [0.25, 0.3) is 5.91 Å². The number of anilines is 1. The van der Waals surface area contributed by atoms with Crippen molar-refractivity contribution in [1.29, 1.82) is 0 Å². The summed E-state index contributed by atoms with van der Waals surface area (Å²) in [5, 5.41) is 15.6. The molecule has 0 saturated heterocycles. The Bertz CT molecular complexity index is 1290. The number of benzene rings is 3. The Morgan fingerprint density at radius 3 is 2.71 bits per heavy atom. The van der Waals surface area contributed by atoms with Crippen LogP contribution < -0.4 is 10.6 Å². The van der Waals surface area contributed by atoms with E-state index in [2.05, 4.69) is 33.0 Å². The summed E-state index contributed by atoms with van der Waals surface area (Å²) in [4.78, 5) is 17.3. The Hall–Kier alpha value is -3.80. The molecule has 0 atom stereocenters. The molecule has 5 rings (SSSR count). The van der Waals surface area contributed by atoms with Crippen LogP contribution in [0.4, 0.5) is 5.69 Å². The van der Waals surface area contributed by atoms with Gasteiger partial charge in [-0.2, -0.15) is 0 Å². The lowest BCUT2D eigenvalue weighted by molar-refractivity contribution is 0.0955. The third-order valence-corrected chi connectivity index (χ3v) is 4.93. The second kappa shape index (κ2) is 6.74. The number of H-pyrrole nitrogens is 2. The first-order valence-corrected chi connectivity index (χ1v) is 9.25. The zero-order valence-corrected chi connectivity index (χ0v) is 15.1. The number of hydrogen-bond acceptors (Lipinski definition) is 3. The fourth-order valence-electron chi connectivity index (χ4n) is 3.53. The fraction of sp³-hybridized carbons (Fsp3) is 0.0909. The van der Waals surface area contributed by atoms with Gasteiger partial charge in [-0.15, -0.1) is 0 Å². The van der Waals surface area contributed by atoms with Crippen LogP contribution in [0.5, 0.6) is 0 Å². The normalized spacial score (nSPS) is 11.3. The van der Waals surface area contributed by atoms with Crippen molar-refractivity contribution in [2.45, 2.75) is 0 Å². The predicted octanol–water partition coefficient (Wildman–Crippen LogP) is 4.04. The van der Waals surface area contributed by atoms with E-state index in [1.54, 1.807) is 0 Å². The molecule has 3 aromatic carbocycles.